The molecule has 4 aromatic rings. The highest BCUT2D eigenvalue weighted by Crippen LogP contribution is 2.38. The quantitative estimate of drug-likeness (QED) is 0.280. The summed E-state index contributed by atoms with van der Waals surface area (Å²) in [6.07, 6.45) is 2.12. The zero-order valence-corrected chi connectivity index (χ0v) is 19.8. The van der Waals surface area contributed by atoms with Crippen LogP contribution in [0.3, 0.4) is 0 Å². The van der Waals surface area contributed by atoms with Gasteiger partial charge in [0.05, 0.1) is 47.5 Å². The Labute approximate surface area is 204 Å². The van der Waals surface area contributed by atoms with Crippen molar-refractivity contribution in [2.24, 2.45) is 5.10 Å². The molecule has 10 nitrogen and oxygen atoms in total. The SMILES string of the molecule is COc1ccc([C@H]2CC(c3cccs3)=NN2C(=O)Cn2ncc3ccc([N+](=O)[O-])cc32)cc1OC. The number of thiophene rings is 1. The van der Waals surface area contributed by atoms with E-state index in [4.69, 9.17) is 9.47 Å². The fraction of sp³-hybridized carbons (Fsp3) is 0.208. The molecule has 2 aromatic carbocycles. The number of carbonyl (C=O) groups excluding carboxylic acids is 1. The summed E-state index contributed by atoms with van der Waals surface area (Å²) in [7, 11) is 3.13. The number of carbonyl (C=O) groups is 1. The van der Waals surface area contributed by atoms with Crippen LogP contribution in [-0.2, 0) is 11.3 Å². The zero-order valence-electron chi connectivity index (χ0n) is 19.0. The van der Waals surface area contributed by atoms with Gasteiger partial charge in [-0.1, -0.05) is 12.1 Å². The predicted octanol–water partition coefficient (Wildman–Crippen LogP) is 4.40. The summed E-state index contributed by atoms with van der Waals surface area (Å²) in [4.78, 5) is 25.3. The first kappa shape index (κ1) is 22.5. The smallest absolute Gasteiger partial charge is 0.271 e. The summed E-state index contributed by atoms with van der Waals surface area (Å²) in [5.74, 6) is 0.872. The molecule has 0 aliphatic carbocycles. The lowest BCUT2D eigenvalue weighted by molar-refractivity contribution is -0.384. The van der Waals surface area contributed by atoms with Gasteiger partial charge >= 0.3 is 0 Å². The Balaban J connectivity index is 1.49. The molecule has 0 radical (unpaired) electrons. The summed E-state index contributed by atoms with van der Waals surface area (Å²) in [6.45, 7) is -0.115. The number of nitrogens with zero attached hydrogens (tertiary/aromatic N) is 5. The number of non-ortho nitro benzene ring substituents is 1. The van der Waals surface area contributed by atoms with Crippen LogP contribution in [0.4, 0.5) is 5.69 Å². The van der Waals surface area contributed by atoms with Gasteiger partial charge in [0.1, 0.15) is 6.54 Å². The number of methoxy groups -OCH3 is 2. The predicted molar refractivity (Wildman–Crippen MR) is 131 cm³/mol. The number of ether oxygens (including phenoxy) is 2. The highest BCUT2D eigenvalue weighted by Gasteiger charge is 2.34. The minimum absolute atomic E-state index is 0.0610. The lowest BCUT2D eigenvalue weighted by Crippen LogP contribution is -2.30. The average Bonchev–Trinajstić information content (AvgIpc) is 3.63. The van der Waals surface area contributed by atoms with Crippen LogP contribution in [0.5, 0.6) is 11.5 Å². The standard InChI is InChI=1S/C24H21N5O5S/c1-33-21-8-6-15(10-22(21)34-2)20-12-18(23-4-3-9-35-23)26-28(20)24(30)14-27-19-11-17(29(31)32)7-5-16(19)13-25-27/h3-11,13,20H,12,14H2,1-2H3/t20-/m1/s1. The first-order valence-electron chi connectivity index (χ1n) is 10.7. The third kappa shape index (κ3) is 4.21. The van der Waals surface area contributed by atoms with Crippen LogP contribution < -0.4 is 9.47 Å². The highest BCUT2D eigenvalue weighted by molar-refractivity contribution is 7.12. The number of aromatic nitrogens is 2. The van der Waals surface area contributed by atoms with Gasteiger partial charge in [-0.25, -0.2) is 5.01 Å². The van der Waals surface area contributed by atoms with Crippen LogP contribution in [0.25, 0.3) is 10.9 Å². The maximum Gasteiger partial charge on any atom is 0.271 e. The molecule has 0 saturated carbocycles. The normalized spacial score (nSPS) is 15.3. The third-order valence-corrected chi connectivity index (χ3v) is 6.81. The maximum atomic E-state index is 13.5. The Morgan fingerprint density at radius 3 is 2.71 bits per heavy atom. The molecule has 1 aliphatic heterocycles. The summed E-state index contributed by atoms with van der Waals surface area (Å²) < 4.78 is 12.3. The number of amides is 1. The van der Waals surface area contributed by atoms with Crippen molar-refractivity contribution in [3.05, 3.63) is 80.7 Å². The van der Waals surface area contributed by atoms with Crippen LogP contribution in [0, 0.1) is 10.1 Å². The van der Waals surface area contributed by atoms with Crippen molar-refractivity contribution in [1.82, 2.24) is 14.8 Å². The molecular formula is C24H21N5O5S. The van der Waals surface area contributed by atoms with Gasteiger partial charge in [-0.15, -0.1) is 11.3 Å². The van der Waals surface area contributed by atoms with Gasteiger partial charge in [-0.3, -0.25) is 19.6 Å². The minimum atomic E-state index is -0.468. The van der Waals surface area contributed by atoms with E-state index in [9.17, 15) is 14.9 Å². The first-order valence-corrected chi connectivity index (χ1v) is 11.6. The second-order valence-electron chi connectivity index (χ2n) is 7.90. The van der Waals surface area contributed by atoms with Gasteiger partial charge in [0, 0.05) is 23.9 Å². The van der Waals surface area contributed by atoms with E-state index >= 15 is 0 Å². The fourth-order valence-corrected chi connectivity index (χ4v) is 4.87. The number of benzene rings is 2. The molecule has 11 heteroatoms. The number of fused-ring (bicyclic) bond motifs is 1. The Morgan fingerprint density at radius 2 is 2.00 bits per heavy atom. The number of hydrazone groups is 1. The molecule has 1 atom stereocenters. The van der Waals surface area contributed by atoms with E-state index in [0.717, 1.165) is 16.2 Å². The van der Waals surface area contributed by atoms with Crippen molar-refractivity contribution in [2.45, 2.75) is 19.0 Å². The minimum Gasteiger partial charge on any atom is -0.493 e. The first-order chi connectivity index (χ1) is 17.0. The number of hydrogen-bond donors (Lipinski definition) is 0. The molecule has 178 valence electrons. The van der Waals surface area contributed by atoms with Gasteiger partial charge in [-0.05, 0) is 35.2 Å². The third-order valence-electron chi connectivity index (χ3n) is 5.89. The average molecular weight is 492 g/mol. The summed E-state index contributed by atoms with van der Waals surface area (Å²) >= 11 is 1.56. The number of rotatable bonds is 7. The molecule has 0 bridgehead atoms. The Kier molecular flexibility index (Phi) is 5.91. The van der Waals surface area contributed by atoms with E-state index in [1.165, 1.54) is 21.8 Å². The lowest BCUT2D eigenvalue weighted by Gasteiger charge is -2.23. The summed E-state index contributed by atoms with van der Waals surface area (Å²) in [5, 5.41) is 24.3. The second kappa shape index (κ2) is 9.18. The fourth-order valence-electron chi connectivity index (χ4n) is 4.15. The van der Waals surface area contributed by atoms with Crippen molar-refractivity contribution < 1.29 is 19.2 Å². The molecular weight excluding hydrogens is 470 g/mol. The molecule has 1 amide bonds. The van der Waals surface area contributed by atoms with Crippen molar-refractivity contribution in [3.63, 3.8) is 0 Å². The summed E-state index contributed by atoms with van der Waals surface area (Å²) in [5.41, 5.74) is 2.12. The molecule has 0 N–H and O–H groups in total. The Morgan fingerprint density at radius 1 is 1.17 bits per heavy atom. The van der Waals surface area contributed by atoms with Gasteiger partial charge in [-0.2, -0.15) is 10.2 Å². The van der Waals surface area contributed by atoms with Gasteiger partial charge in [0.15, 0.2) is 11.5 Å². The molecule has 0 unspecified atom stereocenters. The van der Waals surface area contributed by atoms with E-state index in [0.29, 0.717) is 28.8 Å². The van der Waals surface area contributed by atoms with E-state index in [2.05, 4.69) is 10.2 Å². The number of nitro groups is 1. The monoisotopic (exact) mass is 491 g/mol. The van der Waals surface area contributed by atoms with Gasteiger partial charge in [0.2, 0.25) is 0 Å². The van der Waals surface area contributed by atoms with Crippen LogP contribution in [-0.4, -0.2) is 45.6 Å². The molecule has 3 heterocycles. The van der Waals surface area contributed by atoms with E-state index in [1.54, 1.807) is 43.9 Å². The van der Waals surface area contributed by atoms with E-state index < -0.39 is 4.92 Å². The van der Waals surface area contributed by atoms with Crippen LogP contribution in [0.2, 0.25) is 0 Å². The van der Waals surface area contributed by atoms with Crippen molar-refractivity contribution in [1.29, 1.82) is 0 Å². The van der Waals surface area contributed by atoms with Crippen molar-refractivity contribution in [3.8, 4) is 11.5 Å². The zero-order chi connectivity index (χ0) is 24.5. The molecule has 0 fully saturated rings. The van der Waals surface area contributed by atoms with E-state index in [1.807, 2.05) is 29.6 Å². The maximum absolute atomic E-state index is 13.5. The van der Waals surface area contributed by atoms with Crippen LogP contribution in [0.1, 0.15) is 22.9 Å². The number of nitro benzene ring substituents is 1. The molecule has 0 spiro atoms. The molecule has 1 aliphatic rings. The van der Waals surface area contributed by atoms with E-state index in [-0.39, 0.29) is 24.2 Å². The summed E-state index contributed by atoms with van der Waals surface area (Å²) in [6, 6.07) is 13.6. The van der Waals surface area contributed by atoms with Gasteiger partial charge < -0.3 is 9.47 Å². The lowest BCUT2D eigenvalue weighted by atomic mass is 10.0. The van der Waals surface area contributed by atoms with Gasteiger partial charge in [0.25, 0.3) is 11.6 Å². The highest BCUT2D eigenvalue weighted by atomic mass is 32.1. The number of hydrogen-bond acceptors (Lipinski definition) is 8. The Bertz CT molecular complexity index is 1450. The Hall–Kier alpha value is -4.25. The molecule has 2 aromatic heterocycles. The molecule has 0 saturated heterocycles. The topological polar surface area (TPSA) is 112 Å². The second-order valence-corrected chi connectivity index (χ2v) is 8.85. The van der Waals surface area contributed by atoms with Crippen LogP contribution >= 0.6 is 11.3 Å². The van der Waals surface area contributed by atoms with Crippen LogP contribution in [0.15, 0.2) is 65.2 Å². The van der Waals surface area contributed by atoms with Crippen molar-refractivity contribution >= 4 is 39.5 Å². The molecule has 35 heavy (non-hydrogen) atoms. The molecule has 5 rings (SSSR count). The largest absolute Gasteiger partial charge is 0.493 e. The van der Waals surface area contributed by atoms with Crippen molar-refractivity contribution in [2.75, 3.05) is 14.2 Å².